The lowest BCUT2D eigenvalue weighted by Gasteiger charge is -2.04. The Morgan fingerprint density at radius 1 is 1.36 bits per heavy atom. The summed E-state index contributed by atoms with van der Waals surface area (Å²) in [5.41, 5.74) is 4.80. The summed E-state index contributed by atoms with van der Waals surface area (Å²) in [6.45, 7) is 2.52. The molecule has 5 heteroatoms. The van der Waals surface area contributed by atoms with Crippen LogP contribution in [0.5, 0.6) is 0 Å². The average molecular weight is 158 g/mol. The molecule has 3 N–H and O–H groups in total. The van der Waals surface area contributed by atoms with E-state index in [0.717, 1.165) is 0 Å². The fraction of sp³-hybridized carbons (Fsp3) is 0.500. The fourth-order valence-corrected chi connectivity index (χ4v) is 0.411. The van der Waals surface area contributed by atoms with E-state index in [2.05, 4.69) is 0 Å². The van der Waals surface area contributed by atoms with Crippen molar-refractivity contribution in [2.45, 2.75) is 13.8 Å². The lowest BCUT2D eigenvalue weighted by atomic mass is 10.1. The molecule has 0 aromatic carbocycles. The summed E-state index contributed by atoms with van der Waals surface area (Å²) in [7, 11) is 0. The second-order valence-corrected chi connectivity index (χ2v) is 2.17. The molecular formula is C6H10N2O3. The summed E-state index contributed by atoms with van der Waals surface area (Å²) in [5, 5.41) is 1.95. The maximum absolute atomic E-state index is 10.8. The highest BCUT2D eigenvalue weighted by atomic mass is 16.2. The molecule has 11 heavy (non-hydrogen) atoms. The van der Waals surface area contributed by atoms with E-state index in [1.807, 2.05) is 5.32 Å². The van der Waals surface area contributed by atoms with Crippen molar-refractivity contribution in [3.8, 4) is 0 Å². The molecule has 0 aliphatic carbocycles. The zero-order chi connectivity index (χ0) is 9.02. The normalized spacial score (nSPS) is 11.8. The quantitative estimate of drug-likeness (QED) is 0.493. The molecule has 0 saturated heterocycles. The minimum atomic E-state index is -0.959. The number of amides is 3. The topological polar surface area (TPSA) is 89.3 Å². The van der Waals surface area contributed by atoms with Crippen LogP contribution in [-0.2, 0) is 14.4 Å². The maximum atomic E-state index is 10.8. The van der Waals surface area contributed by atoms with E-state index in [9.17, 15) is 14.4 Å². The van der Waals surface area contributed by atoms with Gasteiger partial charge in [-0.25, -0.2) is 0 Å². The fourth-order valence-electron chi connectivity index (χ4n) is 0.411. The first-order valence-electron chi connectivity index (χ1n) is 3.06. The number of hydrogen-bond donors (Lipinski definition) is 2. The van der Waals surface area contributed by atoms with Gasteiger partial charge >= 0.3 is 0 Å². The van der Waals surface area contributed by atoms with Crippen LogP contribution in [0.3, 0.4) is 0 Å². The molecule has 5 nitrogen and oxygen atoms in total. The molecule has 1 unspecified atom stereocenters. The van der Waals surface area contributed by atoms with Crippen LogP contribution in [0.15, 0.2) is 0 Å². The molecule has 0 aromatic rings. The van der Waals surface area contributed by atoms with Gasteiger partial charge in [-0.1, -0.05) is 0 Å². The number of hydrogen-bond acceptors (Lipinski definition) is 3. The predicted molar refractivity (Wildman–Crippen MR) is 37.2 cm³/mol. The van der Waals surface area contributed by atoms with Crippen LogP contribution in [0.2, 0.25) is 0 Å². The number of imide groups is 1. The molecule has 0 heterocycles. The zero-order valence-corrected chi connectivity index (χ0v) is 6.38. The molecule has 0 aliphatic heterocycles. The molecule has 0 saturated carbocycles. The number of carbonyl (C=O) groups excluding carboxylic acids is 3. The van der Waals surface area contributed by atoms with E-state index >= 15 is 0 Å². The van der Waals surface area contributed by atoms with Gasteiger partial charge in [0.05, 0.1) is 0 Å². The Labute approximate surface area is 63.9 Å². The average Bonchev–Trinajstić information content (AvgIpc) is 1.84. The van der Waals surface area contributed by atoms with Crippen molar-refractivity contribution < 1.29 is 14.4 Å². The lowest BCUT2D eigenvalue weighted by Crippen LogP contribution is -2.39. The molecule has 0 fully saturated rings. The van der Waals surface area contributed by atoms with Crippen molar-refractivity contribution in [3.05, 3.63) is 0 Å². The minimum absolute atomic E-state index is 0.497. The first kappa shape index (κ1) is 9.61. The van der Waals surface area contributed by atoms with E-state index < -0.39 is 23.6 Å². The first-order chi connectivity index (χ1) is 4.95. The highest BCUT2D eigenvalue weighted by Crippen LogP contribution is 1.91. The smallest absolute Gasteiger partial charge is 0.238 e. The van der Waals surface area contributed by atoms with Gasteiger partial charge in [0.15, 0.2) is 0 Å². The van der Waals surface area contributed by atoms with E-state index in [0.29, 0.717) is 0 Å². The first-order valence-corrected chi connectivity index (χ1v) is 3.06. The summed E-state index contributed by atoms with van der Waals surface area (Å²) in [5.74, 6) is -2.87. The van der Waals surface area contributed by atoms with Gasteiger partial charge in [0, 0.05) is 6.92 Å². The highest BCUT2D eigenvalue weighted by molar-refractivity contribution is 6.05. The molecule has 0 spiro atoms. The van der Waals surface area contributed by atoms with Gasteiger partial charge < -0.3 is 5.73 Å². The van der Waals surface area contributed by atoms with Crippen LogP contribution >= 0.6 is 0 Å². The zero-order valence-electron chi connectivity index (χ0n) is 6.38. The van der Waals surface area contributed by atoms with Crippen molar-refractivity contribution >= 4 is 17.7 Å². The minimum Gasteiger partial charge on any atom is -0.369 e. The third kappa shape index (κ3) is 3.34. The molecule has 0 aliphatic rings. The summed E-state index contributed by atoms with van der Waals surface area (Å²) in [6, 6.07) is 0. The number of rotatable bonds is 2. The number of nitrogens with one attached hydrogen (secondary N) is 1. The van der Waals surface area contributed by atoms with Crippen LogP contribution in [0.4, 0.5) is 0 Å². The van der Waals surface area contributed by atoms with E-state index in [1.165, 1.54) is 13.8 Å². The van der Waals surface area contributed by atoms with Gasteiger partial charge in [-0.3, -0.25) is 19.7 Å². The van der Waals surface area contributed by atoms with Gasteiger partial charge in [0.25, 0.3) is 0 Å². The van der Waals surface area contributed by atoms with Crippen molar-refractivity contribution in [2.24, 2.45) is 11.7 Å². The Balaban J connectivity index is 4.04. The van der Waals surface area contributed by atoms with Crippen molar-refractivity contribution in [2.75, 3.05) is 0 Å². The largest absolute Gasteiger partial charge is 0.369 e. The number of nitrogens with two attached hydrogens (primary N) is 1. The van der Waals surface area contributed by atoms with Crippen molar-refractivity contribution in [1.29, 1.82) is 0 Å². The summed E-state index contributed by atoms with van der Waals surface area (Å²) >= 11 is 0. The van der Waals surface area contributed by atoms with Crippen molar-refractivity contribution in [3.63, 3.8) is 0 Å². The third-order valence-electron chi connectivity index (χ3n) is 1.12. The second kappa shape index (κ2) is 3.70. The molecule has 1 atom stereocenters. The summed E-state index contributed by atoms with van der Waals surface area (Å²) in [4.78, 5) is 31.4. The van der Waals surface area contributed by atoms with Crippen LogP contribution in [0, 0.1) is 5.92 Å². The van der Waals surface area contributed by atoms with Crippen LogP contribution < -0.4 is 11.1 Å². The second-order valence-electron chi connectivity index (χ2n) is 2.17. The lowest BCUT2D eigenvalue weighted by molar-refractivity contribution is -0.135. The molecule has 0 bridgehead atoms. The molecule has 0 radical (unpaired) electrons. The van der Waals surface area contributed by atoms with E-state index in [-0.39, 0.29) is 0 Å². The van der Waals surface area contributed by atoms with Gasteiger partial charge in [-0.15, -0.1) is 0 Å². The SMILES string of the molecule is CC(=O)NC(=O)C(C)C(N)=O. The monoisotopic (exact) mass is 158 g/mol. The van der Waals surface area contributed by atoms with E-state index in [4.69, 9.17) is 5.73 Å². The van der Waals surface area contributed by atoms with Gasteiger partial charge in [-0.05, 0) is 6.92 Å². The highest BCUT2D eigenvalue weighted by Gasteiger charge is 2.18. The summed E-state index contributed by atoms with van der Waals surface area (Å²) in [6.07, 6.45) is 0. The molecular weight excluding hydrogens is 148 g/mol. The van der Waals surface area contributed by atoms with Gasteiger partial charge in [0.1, 0.15) is 5.92 Å². The Morgan fingerprint density at radius 3 is 2.09 bits per heavy atom. The van der Waals surface area contributed by atoms with Crippen molar-refractivity contribution in [1.82, 2.24) is 5.32 Å². The van der Waals surface area contributed by atoms with E-state index in [1.54, 1.807) is 0 Å². The van der Waals surface area contributed by atoms with Gasteiger partial charge in [0.2, 0.25) is 17.7 Å². The Bertz CT molecular complexity index is 200. The maximum Gasteiger partial charge on any atom is 0.238 e. The molecule has 3 amide bonds. The molecule has 0 rings (SSSR count). The molecule has 0 aromatic heterocycles. The third-order valence-corrected chi connectivity index (χ3v) is 1.12. The predicted octanol–water partition coefficient (Wildman–Crippen LogP) is -1.23. The summed E-state index contributed by atoms with van der Waals surface area (Å²) < 4.78 is 0. The Kier molecular flexibility index (Phi) is 3.23. The number of carbonyl (C=O) groups is 3. The van der Waals surface area contributed by atoms with Crippen LogP contribution in [0.1, 0.15) is 13.8 Å². The van der Waals surface area contributed by atoms with Crippen LogP contribution in [0.25, 0.3) is 0 Å². The van der Waals surface area contributed by atoms with Gasteiger partial charge in [-0.2, -0.15) is 0 Å². The Morgan fingerprint density at radius 2 is 1.82 bits per heavy atom. The van der Waals surface area contributed by atoms with Crippen LogP contribution in [-0.4, -0.2) is 17.7 Å². The number of primary amides is 1. The Hall–Kier alpha value is -1.39. The molecule has 62 valence electrons. The standard InChI is InChI=1S/C6H10N2O3/c1-3(5(7)10)6(11)8-4(2)9/h3H,1-2H3,(H2,7,10)(H,8,9,11).